The van der Waals surface area contributed by atoms with E-state index >= 15 is 0 Å². The van der Waals surface area contributed by atoms with E-state index in [1.807, 2.05) is 0 Å². The number of nitrogens with one attached hydrogen (secondary N) is 1. The molecule has 0 unspecified atom stereocenters. The molecule has 0 aliphatic heterocycles. The van der Waals surface area contributed by atoms with Gasteiger partial charge >= 0.3 is 5.97 Å². The van der Waals surface area contributed by atoms with Gasteiger partial charge in [-0.25, -0.2) is 13.6 Å². The molecule has 9 heteroatoms. The third-order valence-corrected chi connectivity index (χ3v) is 4.36. The maximum absolute atomic E-state index is 14.2. The third-order valence-electron chi connectivity index (χ3n) is 4.36. The first-order chi connectivity index (χ1) is 14.5. The zero-order valence-corrected chi connectivity index (χ0v) is 16.5. The summed E-state index contributed by atoms with van der Waals surface area (Å²) in [7, 11) is 4.26. The van der Waals surface area contributed by atoms with Gasteiger partial charge in [0.15, 0.2) is 5.69 Å². The minimum absolute atomic E-state index is 0.0672. The van der Waals surface area contributed by atoms with E-state index in [4.69, 9.17) is 14.2 Å². The fourth-order valence-corrected chi connectivity index (χ4v) is 2.83. The van der Waals surface area contributed by atoms with E-state index in [1.165, 1.54) is 26.4 Å². The maximum Gasteiger partial charge on any atom is 0.360 e. The average molecular weight is 415 g/mol. The van der Waals surface area contributed by atoms with E-state index in [-0.39, 0.29) is 29.2 Å². The van der Waals surface area contributed by atoms with Crippen molar-refractivity contribution in [2.75, 3.05) is 26.6 Å². The van der Waals surface area contributed by atoms with E-state index in [9.17, 15) is 13.6 Å². The van der Waals surface area contributed by atoms with Crippen molar-refractivity contribution in [2.24, 2.45) is 0 Å². The van der Waals surface area contributed by atoms with Crippen molar-refractivity contribution in [3.8, 4) is 22.8 Å². The van der Waals surface area contributed by atoms with Crippen molar-refractivity contribution in [1.29, 1.82) is 0 Å². The molecule has 3 rings (SSSR count). The lowest BCUT2D eigenvalue weighted by molar-refractivity contribution is 0.0594. The summed E-state index contributed by atoms with van der Waals surface area (Å²) < 4.78 is 43.6. The second kappa shape index (κ2) is 9.17. The summed E-state index contributed by atoms with van der Waals surface area (Å²) in [5, 5.41) is 10.7. The zero-order valence-electron chi connectivity index (χ0n) is 16.5. The van der Waals surface area contributed by atoms with E-state index in [1.54, 1.807) is 25.3 Å². The van der Waals surface area contributed by atoms with Crippen LogP contribution in [-0.4, -0.2) is 37.5 Å². The van der Waals surface area contributed by atoms with Crippen molar-refractivity contribution < 1.29 is 27.8 Å². The molecular formula is C21H19F2N3O4. The molecule has 0 aliphatic rings. The Hall–Kier alpha value is -3.75. The van der Waals surface area contributed by atoms with E-state index < -0.39 is 17.6 Å². The van der Waals surface area contributed by atoms with Gasteiger partial charge in [-0.3, -0.25) is 0 Å². The molecule has 0 saturated carbocycles. The molecule has 156 valence electrons. The Labute approximate surface area is 171 Å². The van der Waals surface area contributed by atoms with Gasteiger partial charge in [0.05, 0.1) is 32.6 Å². The first-order valence-corrected chi connectivity index (χ1v) is 8.83. The highest BCUT2D eigenvalue weighted by molar-refractivity contribution is 5.93. The highest BCUT2D eigenvalue weighted by Gasteiger charge is 2.20. The number of carbonyl (C=O) groups is 1. The lowest BCUT2D eigenvalue weighted by Crippen LogP contribution is -2.13. The number of halogens is 2. The van der Waals surface area contributed by atoms with Gasteiger partial charge in [0.25, 0.3) is 0 Å². The number of esters is 1. The van der Waals surface area contributed by atoms with Gasteiger partial charge in [-0.05, 0) is 30.3 Å². The first kappa shape index (κ1) is 21.0. The molecule has 1 N–H and O–H groups in total. The Morgan fingerprint density at radius 2 is 1.73 bits per heavy atom. The van der Waals surface area contributed by atoms with Crippen LogP contribution in [0.2, 0.25) is 0 Å². The number of methoxy groups -OCH3 is 3. The topological polar surface area (TPSA) is 82.6 Å². The maximum atomic E-state index is 14.2. The highest BCUT2D eigenvalue weighted by Crippen LogP contribution is 2.29. The molecule has 0 saturated heterocycles. The van der Waals surface area contributed by atoms with Gasteiger partial charge < -0.3 is 19.5 Å². The molecule has 2 aromatic carbocycles. The molecule has 7 nitrogen and oxygen atoms in total. The molecule has 0 atom stereocenters. The fourth-order valence-electron chi connectivity index (χ4n) is 2.83. The van der Waals surface area contributed by atoms with Gasteiger partial charge in [-0.15, -0.1) is 10.2 Å². The number of benzene rings is 2. The van der Waals surface area contributed by atoms with E-state index in [2.05, 4.69) is 15.5 Å². The molecular weight excluding hydrogens is 396 g/mol. The molecule has 3 aromatic rings. The summed E-state index contributed by atoms with van der Waals surface area (Å²) in [6, 6.07) is 10.1. The third kappa shape index (κ3) is 4.29. The summed E-state index contributed by atoms with van der Waals surface area (Å²) >= 11 is 0. The summed E-state index contributed by atoms with van der Waals surface area (Å²) in [5.41, 5.74) is 0.427. The quantitative estimate of drug-likeness (QED) is 0.587. The SMILES string of the molecule is COC(=O)c1nnc(-c2c(F)cccc2F)cc1NCc1ccc(OC)cc1OC. The Balaban J connectivity index is 1.99. The van der Waals surface area contributed by atoms with Gasteiger partial charge in [0.2, 0.25) is 0 Å². The van der Waals surface area contributed by atoms with Crippen molar-refractivity contribution in [1.82, 2.24) is 10.2 Å². The van der Waals surface area contributed by atoms with Gasteiger partial charge in [0, 0.05) is 18.2 Å². The van der Waals surface area contributed by atoms with Crippen LogP contribution in [0.3, 0.4) is 0 Å². The predicted octanol–water partition coefficient (Wildman–Crippen LogP) is 3.84. The summed E-state index contributed by atoms with van der Waals surface area (Å²) in [6.45, 7) is 0.224. The minimum atomic E-state index is -0.794. The van der Waals surface area contributed by atoms with Crippen LogP contribution in [-0.2, 0) is 11.3 Å². The number of carbonyl (C=O) groups excluding carboxylic acids is 1. The van der Waals surface area contributed by atoms with Crippen molar-refractivity contribution >= 4 is 11.7 Å². The number of nitrogens with zero attached hydrogens (tertiary/aromatic N) is 2. The van der Waals surface area contributed by atoms with E-state index in [0.29, 0.717) is 11.5 Å². The minimum Gasteiger partial charge on any atom is -0.497 e. The number of rotatable bonds is 7. The molecule has 0 radical (unpaired) electrons. The van der Waals surface area contributed by atoms with Crippen LogP contribution in [0.25, 0.3) is 11.3 Å². The number of aromatic nitrogens is 2. The zero-order chi connectivity index (χ0) is 21.7. The van der Waals surface area contributed by atoms with Gasteiger partial charge in [-0.1, -0.05) is 6.07 Å². The molecule has 1 aromatic heterocycles. The lowest BCUT2D eigenvalue weighted by atomic mass is 10.1. The molecule has 30 heavy (non-hydrogen) atoms. The summed E-state index contributed by atoms with van der Waals surface area (Å²) in [6.07, 6.45) is 0. The Kier molecular flexibility index (Phi) is 6.41. The molecule has 1 heterocycles. The van der Waals surface area contributed by atoms with Crippen LogP contribution in [0, 0.1) is 11.6 Å². The fraction of sp³-hybridized carbons (Fsp3) is 0.190. The Bertz CT molecular complexity index is 1060. The predicted molar refractivity (Wildman–Crippen MR) is 106 cm³/mol. The molecule has 0 spiro atoms. The summed E-state index contributed by atoms with van der Waals surface area (Å²) in [4.78, 5) is 12.1. The molecule has 0 fully saturated rings. The van der Waals surface area contributed by atoms with Gasteiger partial charge in [-0.2, -0.15) is 0 Å². The van der Waals surface area contributed by atoms with Crippen molar-refractivity contribution in [3.05, 3.63) is 65.4 Å². The highest BCUT2D eigenvalue weighted by atomic mass is 19.1. The van der Waals surface area contributed by atoms with Crippen LogP contribution < -0.4 is 14.8 Å². The first-order valence-electron chi connectivity index (χ1n) is 8.83. The Morgan fingerprint density at radius 3 is 2.37 bits per heavy atom. The molecule has 0 amide bonds. The van der Waals surface area contributed by atoms with Gasteiger partial charge in [0.1, 0.15) is 28.8 Å². The Morgan fingerprint density at radius 1 is 1.00 bits per heavy atom. The van der Waals surface area contributed by atoms with Crippen LogP contribution in [0.1, 0.15) is 16.1 Å². The average Bonchev–Trinajstić information content (AvgIpc) is 2.77. The largest absolute Gasteiger partial charge is 0.497 e. The molecule has 0 bridgehead atoms. The lowest BCUT2D eigenvalue weighted by Gasteiger charge is -2.14. The molecule has 0 aliphatic carbocycles. The van der Waals surface area contributed by atoms with Crippen LogP contribution in [0.15, 0.2) is 42.5 Å². The van der Waals surface area contributed by atoms with Crippen LogP contribution in [0.5, 0.6) is 11.5 Å². The number of hydrogen-bond acceptors (Lipinski definition) is 7. The normalized spacial score (nSPS) is 10.4. The van der Waals surface area contributed by atoms with Crippen molar-refractivity contribution in [2.45, 2.75) is 6.54 Å². The summed E-state index contributed by atoms with van der Waals surface area (Å²) in [5.74, 6) is -1.15. The monoisotopic (exact) mass is 415 g/mol. The number of anilines is 1. The number of hydrogen-bond donors (Lipinski definition) is 1. The number of ether oxygens (including phenoxy) is 3. The van der Waals surface area contributed by atoms with Crippen molar-refractivity contribution in [3.63, 3.8) is 0 Å². The smallest absolute Gasteiger partial charge is 0.360 e. The standard InChI is InChI=1S/C21H19F2N3O4/c1-28-13-8-7-12(18(9-13)29-2)11-24-17-10-16(25-26-20(17)21(27)30-3)19-14(22)5-4-6-15(19)23/h4-10H,11H2,1-3H3,(H,24,25). The second-order valence-electron chi connectivity index (χ2n) is 6.11. The van der Waals surface area contributed by atoms with Crippen LogP contribution >= 0.6 is 0 Å². The van der Waals surface area contributed by atoms with E-state index in [0.717, 1.165) is 17.7 Å². The van der Waals surface area contributed by atoms with Crippen LogP contribution in [0.4, 0.5) is 14.5 Å². The second-order valence-corrected chi connectivity index (χ2v) is 6.11.